The van der Waals surface area contributed by atoms with Crippen molar-refractivity contribution in [3.63, 3.8) is 0 Å². The van der Waals surface area contributed by atoms with E-state index in [2.05, 4.69) is 19.2 Å². The van der Waals surface area contributed by atoms with Gasteiger partial charge in [0.1, 0.15) is 0 Å². The van der Waals surface area contributed by atoms with E-state index >= 15 is 0 Å². The van der Waals surface area contributed by atoms with Gasteiger partial charge in [-0.3, -0.25) is 4.79 Å². The number of carbonyl (C=O) groups excluding carboxylic acids is 1. The Morgan fingerprint density at radius 1 is 0.865 bits per heavy atom. The molecule has 37 heavy (non-hydrogen) atoms. The number of amides is 1. The molecule has 210 valence electrons. The summed E-state index contributed by atoms with van der Waals surface area (Å²) in [7, 11) is 0. The monoisotopic (exact) mass is 537 g/mol. The van der Waals surface area contributed by atoms with Gasteiger partial charge in [0.2, 0.25) is 5.91 Å². The lowest BCUT2D eigenvalue weighted by Gasteiger charge is -2.37. The van der Waals surface area contributed by atoms with Crippen LogP contribution >= 0.6 is 0 Å². The lowest BCUT2D eigenvalue weighted by atomic mass is 10.0. The van der Waals surface area contributed by atoms with Gasteiger partial charge in [-0.2, -0.15) is 26.3 Å². The summed E-state index contributed by atoms with van der Waals surface area (Å²) in [5, 5.41) is 3.63. The quantitative estimate of drug-likeness (QED) is 0.499. The first kappa shape index (κ1) is 29.5. The van der Waals surface area contributed by atoms with Crippen molar-refractivity contribution in [2.24, 2.45) is 5.92 Å². The zero-order valence-electron chi connectivity index (χ0n) is 21.4. The number of nitrogens with one attached hydrogen (secondary N) is 1. The van der Waals surface area contributed by atoms with Crippen LogP contribution in [0, 0.1) is 5.92 Å². The summed E-state index contributed by atoms with van der Waals surface area (Å²) in [6.45, 7) is 6.64. The van der Waals surface area contributed by atoms with Crippen molar-refractivity contribution >= 4 is 11.6 Å². The van der Waals surface area contributed by atoms with Crippen LogP contribution in [0.25, 0.3) is 0 Å². The Morgan fingerprint density at radius 3 is 1.92 bits per heavy atom. The molecule has 0 radical (unpaired) electrons. The van der Waals surface area contributed by atoms with E-state index in [0.29, 0.717) is 6.04 Å². The van der Waals surface area contributed by atoms with Crippen LogP contribution in [-0.2, 0) is 21.9 Å². The highest BCUT2D eigenvalue weighted by Gasteiger charge is 2.38. The van der Waals surface area contributed by atoms with Crippen molar-refractivity contribution in [3.05, 3.63) is 29.3 Å². The Morgan fingerprint density at radius 2 is 1.41 bits per heavy atom. The van der Waals surface area contributed by atoms with Crippen LogP contribution in [0.3, 0.4) is 0 Å². The standard InChI is InChI=1S/C23H29F6N3O2.C3H8/c24-22(25,26)16-12-17(23(27,28)29)14-20(13-16)31-5-7-32(8-6-31)21(33)15-1-2-19(11-15)30-18-3-9-34-10-4-18;1-3-2/h12-15,18-19,30H,1-11H2;3H2,1-2H3. The van der Waals surface area contributed by atoms with Gasteiger partial charge in [0.05, 0.1) is 11.1 Å². The van der Waals surface area contributed by atoms with Crippen LogP contribution in [0.15, 0.2) is 18.2 Å². The number of anilines is 1. The molecular weight excluding hydrogens is 500 g/mol. The van der Waals surface area contributed by atoms with Gasteiger partial charge >= 0.3 is 12.4 Å². The van der Waals surface area contributed by atoms with Gasteiger partial charge in [-0.1, -0.05) is 20.3 Å². The number of nitrogens with zero attached hydrogens (tertiary/aromatic N) is 2. The smallest absolute Gasteiger partial charge is 0.381 e. The number of carbonyl (C=O) groups is 1. The molecule has 1 N–H and O–H groups in total. The van der Waals surface area contributed by atoms with Crippen molar-refractivity contribution in [1.29, 1.82) is 0 Å². The maximum atomic E-state index is 13.2. The molecule has 1 aromatic carbocycles. The molecule has 3 aliphatic rings. The number of alkyl halides is 6. The first-order valence-corrected chi connectivity index (χ1v) is 13.1. The largest absolute Gasteiger partial charge is 0.416 e. The molecular formula is C26H37F6N3O2. The molecule has 1 amide bonds. The fraction of sp³-hybridized carbons (Fsp3) is 0.731. The topological polar surface area (TPSA) is 44.8 Å². The molecule has 1 saturated carbocycles. The third-order valence-corrected chi connectivity index (χ3v) is 7.00. The number of ether oxygens (including phenoxy) is 1. The van der Waals surface area contributed by atoms with Gasteiger partial charge in [-0.15, -0.1) is 0 Å². The molecule has 2 heterocycles. The maximum absolute atomic E-state index is 13.2. The van der Waals surface area contributed by atoms with Gasteiger partial charge in [-0.25, -0.2) is 0 Å². The van der Waals surface area contributed by atoms with E-state index in [4.69, 9.17) is 4.74 Å². The number of halogens is 6. The summed E-state index contributed by atoms with van der Waals surface area (Å²) in [5.74, 6) is -0.0785. The number of hydrogen-bond acceptors (Lipinski definition) is 4. The molecule has 0 bridgehead atoms. The van der Waals surface area contributed by atoms with Crippen LogP contribution in [-0.4, -0.2) is 62.3 Å². The van der Waals surface area contributed by atoms with Gasteiger partial charge < -0.3 is 19.9 Å². The minimum absolute atomic E-state index is 0.0240. The van der Waals surface area contributed by atoms with Crippen LogP contribution in [0.1, 0.15) is 63.5 Å². The lowest BCUT2D eigenvalue weighted by molar-refractivity contribution is -0.143. The first-order valence-electron chi connectivity index (χ1n) is 13.1. The molecule has 5 nitrogen and oxygen atoms in total. The highest BCUT2D eigenvalue weighted by molar-refractivity contribution is 5.79. The summed E-state index contributed by atoms with van der Waals surface area (Å²) in [5.41, 5.74) is -2.79. The molecule has 3 fully saturated rings. The number of rotatable bonds is 4. The molecule has 0 aromatic heterocycles. The summed E-state index contributed by atoms with van der Waals surface area (Å²) in [6.07, 6.45) is -4.15. The Labute approximate surface area is 214 Å². The minimum atomic E-state index is -4.88. The van der Waals surface area contributed by atoms with E-state index in [0.717, 1.165) is 57.5 Å². The zero-order chi connectivity index (χ0) is 27.2. The van der Waals surface area contributed by atoms with Crippen molar-refractivity contribution in [1.82, 2.24) is 10.2 Å². The molecule has 11 heteroatoms. The summed E-state index contributed by atoms with van der Waals surface area (Å²) in [4.78, 5) is 16.2. The van der Waals surface area contributed by atoms with Crippen LogP contribution < -0.4 is 10.2 Å². The van der Waals surface area contributed by atoms with E-state index in [9.17, 15) is 31.1 Å². The van der Waals surface area contributed by atoms with E-state index in [1.54, 1.807) is 4.90 Å². The Kier molecular flexibility index (Phi) is 10.1. The van der Waals surface area contributed by atoms with E-state index in [1.165, 1.54) is 11.3 Å². The van der Waals surface area contributed by atoms with Gasteiger partial charge in [-0.05, 0) is 50.3 Å². The molecule has 2 unspecified atom stereocenters. The fourth-order valence-corrected chi connectivity index (χ4v) is 5.12. The molecule has 2 atom stereocenters. The average molecular weight is 538 g/mol. The second kappa shape index (κ2) is 12.7. The predicted molar refractivity (Wildman–Crippen MR) is 129 cm³/mol. The molecule has 1 aromatic rings. The lowest BCUT2D eigenvalue weighted by Crippen LogP contribution is -2.50. The number of piperazine rings is 1. The van der Waals surface area contributed by atoms with E-state index in [1.807, 2.05) is 0 Å². The normalized spacial score (nSPS) is 23.6. The Bertz CT molecular complexity index is 846. The molecule has 2 aliphatic heterocycles. The third-order valence-electron chi connectivity index (χ3n) is 7.00. The van der Waals surface area contributed by atoms with Crippen LogP contribution in [0.5, 0.6) is 0 Å². The first-order chi connectivity index (χ1) is 17.4. The van der Waals surface area contributed by atoms with Crippen LogP contribution in [0.4, 0.5) is 32.0 Å². The molecule has 2 saturated heterocycles. The van der Waals surface area contributed by atoms with E-state index < -0.39 is 23.5 Å². The summed E-state index contributed by atoms with van der Waals surface area (Å²) in [6, 6.07) is 2.31. The SMILES string of the molecule is CCC.O=C(C1CCC(NC2CCOCC2)C1)N1CCN(c2cc(C(F)(F)F)cc(C(F)(F)F)c2)CC1. The second-order valence-electron chi connectivity index (χ2n) is 10.0. The molecule has 1 aliphatic carbocycles. The summed E-state index contributed by atoms with van der Waals surface area (Å²) < 4.78 is 84.4. The van der Waals surface area contributed by atoms with Crippen LogP contribution in [0.2, 0.25) is 0 Å². The molecule has 0 spiro atoms. The number of hydrogen-bond donors (Lipinski definition) is 1. The maximum Gasteiger partial charge on any atom is 0.416 e. The van der Waals surface area contributed by atoms with Crippen molar-refractivity contribution in [2.75, 3.05) is 44.3 Å². The number of benzene rings is 1. The zero-order valence-corrected chi connectivity index (χ0v) is 21.4. The Hall–Kier alpha value is -2.01. The van der Waals surface area contributed by atoms with Gasteiger partial charge in [0, 0.05) is 63.1 Å². The van der Waals surface area contributed by atoms with Crippen molar-refractivity contribution in [2.45, 2.75) is 76.8 Å². The highest BCUT2D eigenvalue weighted by Crippen LogP contribution is 2.38. The third kappa shape index (κ3) is 8.24. The predicted octanol–water partition coefficient (Wildman–Crippen LogP) is 5.73. The van der Waals surface area contributed by atoms with Gasteiger partial charge in [0.25, 0.3) is 0 Å². The minimum Gasteiger partial charge on any atom is -0.381 e. The summed E-state index contributed by atoms with van der Waals surface area (Å²) >= 11 is 0. The average Bonchev–Trinajstić information content (AvgIpc) is 3.32. The van der Waals surface area contributed by atoms with Gasteiger partial charge in [0.15, 0.2) is 0 Å². The Balaban J connectivity index is 0.00000121. The fourth-order valence-electron chi connectivity index (χ4n) is 5.12. The van der Waals surface area contributed by atoms with Crippen molar-refractivity contribution in [3.8, 4) is 0 Å². The second-order valence-corrected chi connectivity index (χ2v) is 10.0. The van der Waals surface area contributed by atoms with Crippen molar-refractivity contribution < 1.29 is 35.9 Å². The highest BCUT2D eigenvalue weighted by atomic mass is 19.4. The molecule has 4 rings (SSSR count). The van der Waals surface area contributed by atoms with E-state index in [-0.39, 0.29) is 55.8 Å².